The van der Waals surface area contributed by atoms with Gasteiger partial charge in [0.05, 0.1) is 5.25 Å². The number of hydrogen-bond donors (Lipinski definition) is 2. The van der Waals surface area contributed by atoms with E-state index in [1.54, 1.807) is 0 Å². The first-order valence-electron chi connectivity index (χ1n) is 5.96. The van der Waals surface area contributed by atoms with Gasteiger partial charge in [-0.15, -0.1) is 0 Å². The molecular weight excluding hydrogens is 236 g/mol. The normalized spacial score (nSPS) is 23.6. The predicted molar refractivity (Wildman–Crippen MR) is 67.0 cm³/mol. The lowest BCUT2D eigenvalue weighted by atomic mass is 10.1. The number of rotatable bonds is 3. The van der Waals surface area contributed by atoms with Crippen molar-refractivity contribution < 1.29 is 8.42 Å². The lowest BCUT2D eigenvalue weighted by Crippen LogP contribution is -2.30. The Labute approximate surface area is 101 Å². The van der Waals surface area contributed by atoms with E-state index in [2.05, 4.69) is 4.72 Å². The lowest BCUT2D eigenvalue weighted by molar-refractivity contribution is 0.553. The zero-order valence-electron chi connectivity index (χ0n) is 9.52. The summed E-state index contributed by atoms with van der Waals surface area (Å²) in [6.07, 6.45) is 3.36. The molecule has 1 aromatic carbocycles. The van der Waals surface area contributed by atoms with Crippen molar-refractivity contribution in [2.45, 2.75) is 37.0 Å². The molecule has 3 rings (SSSR count). The van der Waals surface area contributed by atoms with Crippen molar-refractivity contribution in [3.05, 3.63) is 29.3 Å². The second-order valence-electron chi connectivity index (χ2n) is 4.91. The molecule has 0 aromatic heterocycles. The van der Waals surface area contributed by atoms with Crippen LogP contribution >= 0.6 is 0 Å². The molecule has 4 nitrogen and oxygen atoms in total. The average molecular weight is 252 g/mol. The quantitative estimate of drug-likeness (QED) is 0.797. The van der Waals surface area contributed by atoms with Crippen LogP contribution in [0.15, 0.2) is 18.2 Å². The Morgan fingerprint density at radius 3 is 2.71 bits per heavy atom. The Kier molecular flexibility index (Phi) is 2.41. The largest absolute Gasteiger partial charge is 0.399 e. The van der Waals surface area contributed by atoms with Crippen LogP contribution in [-0.2, 0) is 16.4 Å². The lowest BCUT2D eigenvalue weighted by Gasteiger charge is -2.14. The molecule has 17 heavy (non-hydrogen) atoms. The average Bonchev–Trinajstić information content (AvgIpc) is 3.05. The number of nitrogens with two attached hydrogens (primary N) is 1. The third kappa shape index (κ3) is 2.05. The van der Waals surface area contributed by atoms with Crippen LogP contribution in [0.3, 0.4) is 0 Å². The summed E-state index contributed by atoms with van der Waals surface area (Å²) in [7, 11) is -3.12. The highest BCUT2D eigenvalue weighted by Gasteiger charge is 2.38. The van der Waals surface area contributed by atoms with E-state index in [1.165, 1.54) is 5.56 Å². The zero-order chi connectivity index (χ0) is 12.0. The molecule has 1 saturated carbocycles. The van der Waals surface area contributed by atoms with Gasteiger partial charge in [-0.05, 0) is 48.9 Å². The van der Waals surface area contributed by atoms with Crippen molar-refractivity contribution in [2.75, 3.05) is 5.73 Å². The molecule has 0 aliphatic heterocycles. The smallest absolute Gasteiger partial charge is 0.215 e. The van der Waals surface area contributed by atoms with Crippen molar-refractivity contribution in [2.24, 2.45) is 0 Å². The van der Waals surface area contributed by atoms with Crippen LogP contribution in [0.4, 0.5) is 5.69 Å². The summed E-state index contributed by atoms with van der Waals surface area (Å²) in [5.41, 5.74) is 8.71. The Morgan fingerprint density at radius 2 is 2.00 bits per heavy atom. The fourth-order valence-electron chi connectivity index (χ4n) is 2.42. The molecule has 0 bridgehead atoms. The van der Waals surface area contributed by atoms with E-state index >= 15 is 0 Å². The van der Waals surface area contributed by atoms with E-state index < -0.39 is 10.0 Å². The minimum absolute atomic E-state index is 0.0842. The van der Waals surface area contributed by atoms with E-state index in [1.807, 2.05) is 18.2 Å². The van der Waals surface area contributed by atoms with Gasteiger partial charge in [-0.1, -0.05) is 6.07 Å². The highest BCUT2D eigenvalue weighted by molar-refractivity contribution is 7.90. The molecule has 2 aliphatic rings. The molecule has 1 aromatic rings. The minimum atomic E-state index is -3.12. The minimum Gasteiger partial charge on any atom is -0.399 e. The van der Waals surface area contributed by atoms with Crippen LogP contribution in [0.5, 0.6) is 0 Å². The van der Waals surface area contributed by atoms with Gasteiger partial charge in [0.15, 0.2) is 0 Å². The summed E-state index contributed by atoms with van der Waals surface area (Å²) in [6, 6.07) is 5.67. The van der Waals surface area contributed by atoms with Gasteiger partial charge in [0.1, 0.15) is 0 Å². The summed E-state index contributed by atoms with van der Waals surface area (Å²) < 4.78 is 26.6. The van der Waals surface area contributed by atoms with Crippen LogP contribution in [0.2, 0.25) is 0 Å². The molecule has 92 valence electrons. The predicted octanol–water partition coefficient (Wildman–Crippen LogP) is 1.34. The number of hydrogen-bond acceptors (Lipinski definition) is 3. The van der Waals surface area contributed by atoms with Gasteiger partial charge in [-0.25, -0.2) is 13.1 Å². The standard InChI is InChI=1S/C12H16N2O2S/c13-9-3-1-8-2-6-12(11(8)7-9)14-17(15,16)10-4-5-10/h1,3,7,10,12,14H,2,4-6,13H2. The van der Waals surface area contributed by atoms with Crippen molar-refractivity contribution in [3.63, 3.8) is 0 Å². The highest BCUT2D eigenvalue weighted by Crippen LogP contribution is 2.35. The van der Waals surface area contributed by atoms with Crippen LogP contribution in [0.25, 0.3) is 0 Å². The molecule has 2 aliphatic carbocycles. The summed E-state index contributed by atoms with van der Waals surface area (Å²) in [5.74, 6) is 0. The van der Waals surface area contributed by atoms with Crippen molar-refractivity contribution in [1.29, 1.82) is 0 Å². The van der Waals surface area contributed by atoms with Crippen LogP contribution in [0.1, 0.15) is 36.4 Å². The molecule has 0 saturated heterocycles. The van der Waals surface area contributed by atoms with E-state index in [9.17, 15) is 8.42 Å². The Bertz CT molecular complexity index is 550. The number of nitrogens with one attached hydrogen (secondary N) is 1. The molecule has 3 N–H and O–H groups in total. The first kappa shape index (κ1) is 11.0. The number of anilines is 1. The number of sulfonamides is 1. The first-order chi connectivity index (χ1) is 8.06. The molecule has 5 heteroatoms. The topological polar surface area (TPSA) is 72.2 Å². The summed E-state index contributed by atoms with van der Waals surface area (Å²) in [4.78, 5) is 0. The third-order valence-electron chi connectivity index (χ3n) is 3.52. The molecule has 0 radical (unpaired) electrons. The third-order valence-corrected chi connectivity index (χ3v) is 5.48. The molecular formula is C12H16N2O2S. The van der Waals surface area contributed by atoms with Crippen molar-refractivity contribution >= 4 is 15.7 Å². The van der Waals surface area contributed by atoms with Crippen molar-refractivity contribution in [1.82, 2.24) is 4.72 Å². The van der Waals surface area contributed by atoms with Crippen LogP contribution < -0.4 is 10.5 Å². The SMILES string of the molecule is Nc1ccc2c(c1)C(NS(=O)(=O)C1CC1)CC2. The van der Waals surface area contributed by atoms with E-state index in [0.29, 0.717) is 5.69 Å². The highest BCUT2D eigenvalue weighted by atomic mass is 32.2. The molecule has 0 spiro atoms. The van der Waals surface area contributed by atoms with Crippen LogP contribution in [0, 0.1) is 0 Å². The maximum Gasteiger partial charge on any atom is 0.215 e. The molecule has 0 amide bonds. The molecule has 0 heterocycles. The number of benzene rings is 1. The summed E-state index contributed by atoms with van der Waals surface area (Å²) in [5, 5.41) is -0.160. The molecule has 1 unspecified atom stereocenters. The van der Waals surface area contributed by atoms with Gasteiger partial charge >= 0.3 is 0 Å². The van der Waals surface area contributed by atoms with Gasteiger partial charge in [0.2, 0.25) is 10.0 Å². The van der Waals surface area contributed by atoms with Crippen LogP contribution in [-0.4, -0.2) is 13.7 Å². The van der Waals surface area contributed by atoms with Gasteiger partial charge < -0.3 is 5.73 Å². The Morgan fingerprint density at radius 1 is 1.24 bits per heavy atom. The van der Waals surface area contributed by atoms with Gasteiger partial charge in [0, 0.05) is 11.7 Å². The maximum atomic E-state index is 11.9. The van der Waals surface area contributed by atoms with Gasteiger partial charge in [-0.3, -0.25) is 0 Å². The first-order valence-corrected chi connectivity index (χ1v) is 7.50. The maximum absolute atomic E-state index is 11.9. The van der Waals surface area contributed by atoms with Crippen molar-refractivity contribution in [3.8, 4) is 0 Å². The number of aryl methyl sites for hydroxylation is 1. The second-order valence-corrected chi connectivity index (χ2v) is 6.90. The fourth-order valence-corrected chi connectivity index (χ4v) is 4.01. The molecule has 1 atom stereocenters. The monoisotopic (exact) mass is 252 g/mol. The number of nitrogen functional groups attached to an aromatic ring is 1. The van der Waals surface area contributed by atoms with Gasteiger partial charge in [0.25, 0.3) is 0 Å². The summed E-state index contributed by atoms with van der Waals surface area (Å²) >= 11 is 0. The summed E-state index contributed by atoms with van der Waals surface area (Å²) in [6.45, 7) is 0. The number of fused-ring (bicyclic) bond motifs is 1. The van der Waals surface area contributed by atoms with E-state index in [4.69, 9.17) is 5.73 Å². The second kappa shape index (κ2) is 3.71. The van der Waals surface area contributed by atoms with E-state index in [0.717, 1.165) is 31.2 Å². The van der Waals surface area contributed by atoms with Gasteiger partial charge in [-0.2, -0.15) is 0 Å². The Hall–Kier alpha value is -1.07. The fraction of sp³-hybridized carbons (Fsp3) is 0.500. The van der Waals surface area contributed by atoms with E-state index in [-0.39, 0.29) is 11.3 Å². The molecule has 1 fully saturated rings. The zero-order valence-corrected chi connectivity index (χ0v) is 10.3. The Balaban J connectivity index is 1.86.